The average molecular weight is 114 g/mol. The van der Waals surface area contributed by atoms with E-state index in [1.165, 1.54) is 0 Å². The van der Waals surface area contributed by atoms with Crippen LogP contribution in [0.25, 0.3) is 0 Å². The summed E-state index contributed by atoms with van der Waals surface area (Å²) >= 11 is 0. The van der Waals surface area contributed by atoms with Crippen molar-refractivity contribution < 1.29 is 13.0 Å². The molecule has 0 bridgehead atoms. The first-order valence-electron chi connectivity index (χ1n) is 0. The molecular weight excluding hydrogens is 106 g/mol. The molecule has 0 spiro atoms. The smallest absolute Gasteiger partial charge is 1.00 e. The van der Waals surface area contributed by atoms with Crippen molar-refractivity contribution in [3.63, 3.8) is 0 Å². The fourth-order valence-electron chi connectivity index (χ4n) is 0. The standard InChI is InChI=1S/Ca.FH.H2O.H3P.2H/h;1H;1H2;1H3;;/q+2;;;;2*-1. The normalized spacial score (nSPS) is 0. The third-order valence-electron chi connectivity index (χ3n) is 0. The Bertz CT molecular complexity index is 13.5. The fraction of sp³-hybridized carbons (Fsp3) is 0. The Morgan fingerprint density at radius 3 is 1.25 bits per heavy atom. The fourth-order valence-corrected chi connectivity index (χ4v) is 0. The SMILES string of the molecule is F.O.P.[Ca+2].[H-].[H-]. The molecule has 0 saturated carbocycles. The third kappa shape index (κ3) is 9.55. The molecular formula is H8CaFOP. The van der Waals surface area contributed by atoms with Crippen molar-refractivity contribution in [1.82, 2.24) is 0 Å². The van der Waals surface area contributed by atoms with Gasteiger partial charge in [0, 0.05) is 0 Å². The monoisotopic (exact) mass is 114 g/mol. The second-order valence-corrected chi connectivity index (χ2v) is 0. The molecule has 0 aromatic heterocycles. The minimum atomic E-state index is 0. The summed E-state index contributed by atoms with van der Waals surface area (Å²) in [5.41, 5.74) is 0. The van der Waals surface area contributed by atoms with E-state index in [1.807, 2.05) is 0 Å². The van der Waals surface area contributed by atoms with Crippen molar-refractivity contribution in [1.29, 1.82) is 0 Å². The number of halogens is 1. The quantitative estimate of drug-likeness (QED) is 0.292. The molecule has 1 nitrogen and oxygen atoms in total. The van der Waals surface area contributed by atoms with E-state index in [9.17, 15) is 0 Å². The second-order valence-electron chi connectivity index (χ2n) is 0. The molecule has 0 aliphatic carbocycles. The van der Waals surface area contributed by atoms with E-state index < -0.39 is 0 Å². The van der Waals surface area contributed by atoms with Gasteiger partial charge in [0.25, 0.3) is 0 Å². The zero-order chi connectivity index (χ0) is 0. The van der Waals surface area contributed by atoms with E-state index >= 15 is 0 Å². The van der Waals surface area contributed by atoms with Crippen LogP contribution in [0, 0.1) is 0 Å². The van der Waals surface area contributed by atoms with Gasteiger partial charge in [0.05, 0.1) is 0 Å². The van der Waals surface area contributed by atoms with Gasteiger partial charge in [-0.15, -0.1) is 0 Å². The zero-order valence-electron chi connectivity index (χ0n) is 4.32. The molecule has 1 unspecified atom stereocenters. The van der Waals surface area contributed by atoms with Crippen LogP contribution in [0.3, 0.4) is 0 Å². The zero-order valence-corrected chi connectivity index (χ0v) is 5.95. The third-order valence-corrected chi connectivity index (χ3v) is 0. The first kappa shape index (κ1) is 46.9. The van der Waals surface area contributed by atoms with E-state index in [4.69, 9.17) is 0 Å². The Morgan fingerprint density at radius 2 is 1.25 bits per heavy atom. The topological polar surface area (TPSA) is 31.5 Å². The van der Waals surface area contributed by atoms with Crippen molar-refractivity contribution in [3.05, 3.63) is 0 Å². The molecule has 28 valence electrons. The van der Waals surface area contributed by atoms with Crippen LogP contribution in [-0.4, -0.2) is 43.2 Å². The van der Waals surface area contributed by atoms with Crippen molar-refractivity contribution in [2.75, 3.05) is 0 Å². The number of hydrogen-bond donors (Lipinski definition) is 0. The molecule has 4 heavy (non-hydrogen) atoms. The van der Waals surface area contributed by atoms with Gasteiger partial charge in [0.1, 0.15) is 0 Å². The molecule has 0 amide bonds. The van der Waals surface area contributed by atoms with E-state index in [2.05, 4.69) is 0 Å². The van der Waals surface area contributed by atoms with Crippen LogP contribution in [0.2, 0.25) is 0 Å². The minimum Gasteiger partial charge on any atom is -1.00 e. The summed E-state index contributed by atoms with van der Waals surface area (Å²) in [5.74, 6) is 0. The maximum atomic E-state index is 0. The second kappa shape index (κ2) is 23.5. The minimum absolute atomic E-state index is 0. The molecule has 0 aromatic carbocycles. The van der Waals surface area contributed by atoms with E-state index in [1.54, 1.807) is 0 Å². The molecule has 0 aliphatic rings. The van der Waals surface area contributed by atoms with E-state index in [-0.39, 0.29) is 60.7 Å². The molecule has 0 heterocycles. The van der Waals surface area contributed by atoms with Gasteiger partial charge < -0.3 is 8.33 Å². The van der Waals surface area contributed by atoms with Crippen LogP contribution in [0.5, 0.6) is 0 Å². The molecule has 0 rings (SSSR count). The molecule has 0 aromatic rings. The average Bonchev–Trinajstić information content (AvgIpc) is 0. The molecule has 0 radical (unpaired) electrons. The Kier molecular flexibility index (Phi) is 276. The van der Waals surface area contributed by atoms with Crippen LogP contribution >= 0.6 is 9.90 Å². The summed E-state index contributed by atoms with van der Waals surface area (Å²) in [7, 11) is 0. The Hall–Kier alpha value is 1.58. The molecule has 0 fully saturated rings. The van der Waals surface area contributed by atoms with Crippen LogP contribution < -0.4 is 0 Å². The van der Waals surface area contributed by atoms with Crippen LogP contribution in [0.15, 0.2) is 0 Å². The Labute approximate surface area is 60.4 Å². The van der Waals surface area contributed by atoms with Gasteiger partial charge in [-0.25, -0.2) is 0 Å². The van der Waals surface area contributed by atoms with Gasteiger partial charge in [0.15, 0.2) is 0 Å². The predicted octanol–water partition coefficient (Wildman–Crippen LogP) is -0.770. The molecule has 0 aliphatic heterocycles. The first-order chi connectivity index (χ1) is 0. The van der Waals surface area contributed by atoms with Gasteiger partial charge in [-0.2, -0.15) is 9.90 Å². The van der Waals surface area contributed by atoms with Crippen molar-refractivity contribution in [2.45, 2.75) is 0 Å². The summed E-state index contributed by atoms with van der Waals surface area (Å²) in [6.07, 6.45) is 0. The van der Waals surface area contributed by atoms with Gasteiger partial charge in [-0.3, -0.25) is 4.70 Å². The van der Waals surface area contributed by atoms with Crippen LogP contribution in [0.4, 0.5) is 4.70 Å². The van der Waals surface area contributed by atoms with Gasteiger partial charge in [-0.1, -0.05) is 0 Å². The molecule has 4 heteroatoms. The Balaban J connectivity index is 0. The maximum absolute atomic E-state index is 0. The summed E-state index contributed by atoms with van der Waals surface area (Å²) in [6.45, 7) is 0. The largest absolute Gasteiger partial charge is 2.00 e. The van der Waals surface area contributed by atoms with Crippen molar-refractivity contribution in [3.8, 4) is 0 Å². The molecule has 2 N–H and O–H groups in total. The summed E-state index contributed by atoms with van der Waals surface area (Å²) < 4.78 is 0. The van der Waals surface area contributed by atoms with E-state index in [0.29, 0.717) is 0 Å². The van der Waals surface area contributed by atoms with Gasteiger partial charge >= 0.3 is 37.7 Å². The summed E-state index contributed by atoms with van der Waals surface area (Å²) in [4.78, 5) is 0. The van der Waals surface area contributed by atoms with Crippen molar-refractivity contribution >= 4 is 47.6 Å². The van der Waals surface area contributed by atoms with E-state index in [0.717, 1.165) is 0 Å². The first-order valence-corrected chi connectivity index (χ1v) is 0. The number of rotatable bonds is 0. The summed E-state index contributed by atoms with van der Waals surface area (Å²) in [5, 5.41) is 0. The molecule has 0 saturated heterocycles. The molecule has 1 atom stereocenters. The van der Waals surface area contributed by atoms with Gasteiger partial charge in [-0.05, 0) is 0 Å². The predicted molar refractivity (Wildman–Crippen MR) is 25.2 cm³/mol. The van der Waals surface area contributed by atoms with Crippen LogP contribution in [0.1, 0.15) is 2.85 Å². The Morgan fingerprint density at radius 1 is 1.25 bits per heavy atom. The van der Waals surface area contributed by atoms with Crippen molar-refractivity contribution in [2.24, 2.45) is 0 Å². The van der Waals surface area contributed by atoms with Gasteiger partial charge in [0.2, 0.25) is 0 Å². The number of hydrogen-bond acceptors (Lipinski definition) is 0. The summed E-state index contributed by atoms with van der Waals surface area (Å²) in [6, 6.07) is 0. The van der Waals surface area contributed by atoms with Crippen LogP contribution in [-0.2, 0) is 0 Å². The maximum Gasteiger partial charge on any atom is 2.00 e.